The number of hydrogen-bond acceptors (Lipinski definition) is 6. The topological polar surface area (TPSA) is 110 Å². The zero-order valence-electron chi connectivity index (χ0n) is 16.1. The Morgan fingerprint density at radius 3 is 2.14 bits per heavy atom. The number of nitrogens with one attached hydrogen (secondary N) is 2. The second-order valence-corrected chi connectivity index (χ2v) is 7.64. The van der Waals surface area contributed by atoms with Crippen molar-refractivity contribution < 1.29 is 21.6 Å². The van der Waals surface area contributed by atoms with Crippen LogP contribution in [-0.4, -0.2) is 38.0 Å². The fraction of sp³-hybridized carbons (Fsp3) is 0.412. The number of nitrogens with zero attached hydrogens (tertiary/aromatic N) is 2. The minimum Gasteiger partial charge on any atom is -0.382 e. The zero-order valence-corrected chi connectivity index (χ0v) is 16.9. The van der Waals surface area contributed by atoms with Gasteiger partial charge in [-0.1, -0.05) is 19.9 Å². The Bertz CT molecular complexity index is 900. The molecule has 0 radical (unpaired) electrons. The van der Waals surface area contributed by atoms with Gasteiger partial charge >= 0.3 is 6.18 Å². The maximum atomic E-state index is 12.8. The first-order valence-electron chi connectivity index (χ1n) is 8.39. The molecule has 11 heteroatoms. The Balaban J connectivity index is 0.000000696. The molecule has 1 heterocycles. The summed E-state index contributed by atoms with van der Waals surface area (Å²) in [6, 6.07) is 4.20. The van der Waals surface area contributed by atoms with Gasteiger partial charge in [0.2, 0.25) is 10.0 Å². The molecule has 1 aromatic carbocycles. The van der Waals surface area contributed by atoms with Crippen LogP contribution in [0.2, 0.25) is 0 Å². The summed E-state index contributed by atoms with van der Waals surface area (Å²) in [5.41, 5.74) is 5.28. The number of anilines is 2. The predicted octanol–water partition coefficient (Wildman–Crippen LogP) is 3.04. The Morgan fingerprint density at radius 1 is 1.11 bits per heavy atom. The van der Waals surface area contributed by atoms with Crippen molar-refractivity contribution in [2.24, 2.45) is 0 Å². The molecule has 2 aromatic rings. The molecular formula is C17H24F3N5O2S. The lowest BCUT2D eigenvalue weighted by Gasteiger charge is -2.14. The normalized spacial score (nSPS) is 11.5. The average Bonchev–Trinajstić information content (AvgIpc) is 2.56. The van der Waals surface area contributed by atoms with Crippen molar-refractivity contribution in [3.8, 4) is 11.3 Å². The van der Waals surface area contributed by atoms with Gasteiger partial charge in [0, 0.05) is 5.56 Å². The third-order valence-electron chi connectivity index (χ3n) is 3.44. The van der Waals surface area contributed by atoms with E-state index in [1.807, 2.05) is 0 Å². The molecule has 0 spiro atoms. The SMILES string of the molecule is CCNCC.Cc1cc(-c2ccc(C(F)(F)F)cc2NS(C)(=O)=O)nnc1N. The van der Waals surface area contributed by atoms with Crippen LogP contribution in [0.5, 0.6) is 0 Å². The summed E-state index contributed by atoms with van der Waals surface area (Å²) >= 11 is 0. The average molecular weight is 419 g/mol. The van der Waals surface area contributed by atoms with E-state index in [4.69, 9.17) is 5.73 Å². The van der Waals surface area contributed by atoms with Crippen molar-refractivity contribution in [1.29, 1.82) is 0 Å². The number of sulfonamides is 1. The summed E-state index contributed by atoms with van der Waals surface area (Å²) in [7, 11) is -3.78. The molecule has 0 amide bonds. The third-order valence-corrected chi connectivity index (χ3v) is 4.03. The number of benzene rings is 1. The van der Waals surface area contributed by atoms with Gasteiger partial charge in [-0.2, -0.15) is 13.2 Å². The molecule has 0 saturated carbocycles. The highest BCUT2D eigenvalue weighted by molar-refractivity contribution is 7.92. The predicted molar refractivity (Wildman–Crippen MR) is 104 cm³/mol. The molecule has 0 unspecified atom stereocenters. The van der Waals surface area contributed by atoms with E-state index in [-0.39, 0.29) is 22.8 Å². The van der Waals surface area contributed by atoms with Gasteiger partial charge in [0.15, 0.2) is 0 Å². The van der Waals surface area contributed by atoms with Crippen LogP contribution in [0.4, 0.5) is 24.7 Å². The molecular weight excluding hydrogens is 395 g/mol. The summed E-state index contributed by atoms with van der Waals surface area (Å²) in [5.74, 6) is 0.179. The summed E-state index contributed by atoms with van der Waals surface area (Å²) in [6.45, 7) is 8.04. The molecule has 0 aliphatic heterocycles. The van der Waals surface area contributed by atoms with Crippen molar-refractivity contribution in [3.63, 3.8) is 0 Å². The van der Waals surface area contributed by atoms with E-state index in [1.165, 1.54) is 6.07 Å². The van der Waals surface area contributed by atoms with Gasteiger partial charge in [-0.15, -0.1) is 10.2 Å². The third kappa shape index (κ3) is 7.31. The van der Waals surface area contributed by atoms with Gasteiger partial charge in [-0.25, -0.2) is 8.42 Å². The summed E-state index contributed by atoms with van der Waals surface area (Å²) < 4.78 is 63.4. The molecule has 0 fully saturated rings. The maximum absolute atomic E-state index is 12.8. The number of hydrogen-bond donors (Lipinski definition) is 3. The number of aromatic nitrogens is 2. The number of halogens is 3. The molecule has 0 aliphatic carbocycles. The van der Waals surface area contributed by atoms with Gasteiger partial charge in [-0.3, -0.25) is 4.72 Å². The first-order valence-corrected chi connectivity index (χ1v) is 10.3. The van der Waals surface area contributed by atoms with Crippen LogP contribution in [0.1, 0.15) is 25.0 Å². The van der Waals surface area contributed by atoms with Crippen molar-refractivity contribution >= 4 is 21.5 Å². The number of nitrogens with two attached hydrogens (primary N) is 1. The summed E-state index contributed by atoms with van der Waals surface area (Å²) in [6.07, 6.45) is -3.76. The molecule has 7 nitrogen and oxygen atoms in total. The van der Waals surface area contributed by atoms with Gasteiger partial charge in [0.25, 0.3) is 0 Å². The second kappa shape index (κ2) is 9.69. The van der Waals surface area contributed by atoms with Crippen molar-refractivity contribution in [3.05, 3.63) is 35.4 Å². The fourth-order valence-corrected chi connectivity index (χ4v) is 2.67. The van der Waals surface area contributed by atoms with E-state index in [0.717, 1.165) is 31.5 Å². The number of rotatable bonds is 5. The summed E-state index contributed by atoms with van der Waals surface area (Å²) in [4.78, 5) is 0. The molecule has 0 bridgehead atoms. The fourth-order valence-electron chi connectivity index (χ4n) is 2.10. The quantitative estimate of drug-likeness (QED) is 0.687. The van der Waals surface area contributed by atoms with E-state index in [0.29, 0.717) is 11.6 Å². The Morgan fingerprint density at radius 2 is 1.71 bits per heavy atom. The minimum atomic E-state index is -4.60. The molecule has 0 aliphatic rings. The molecule has 1 aromatic heterocycles. The van der Waals surface area contributed by atoms with Gasteiger partial charge in [0.1, 0.15) is 5.82 Å². The highest BCUT2D eigenvalue weighted by Gasteiger charge is 2.31. The highest BCUT2D eigenvalue weighted by atomic mass is 32.2. The Labute approximate surface area is 162 Å². The van der Waals surface area contributed by atoms with E-state index >= 15 is 0 Å². The lowest BCUT2D eigenvalue weighted by atomic mass is 10.0. The van der Waals surface area contributed by atoms with Crippen molar-refractivity contribution in [2.75, 3.05) is 29.8 Å². The minimum absolute atomic E-state index is 0.166. The first kappa shape index (κ1) is 23.6. The van der Waals surface area contributed by atoms with Gasteiger partial charge in [-0.05, 0) is 43.8 Å². The Hall–Kier alpha value is -2.40. The van der Waals surface area contributed by atoms with Crippen LogP contribution >= 0.6 is 0 Å². The van der Waals surface area contributed by atoms with Gasteiger partial charge in [0.05, 0.1) is 23.2 Å². The molecule has 156 valence electrons. The monoisotopic (exact) mass is 419 g/mol. The Kier molecular flexibility index (Phi) is 8.18. The first-order chi connectivity index (χ1) is 12.9. The molecule has 2 rings (SSSR count). The zero-order chi connectivity index (χ0) is 21.5. The van der Waals surface area contributed by atoms with Crippen molar-refractivity contribution in [1.82, 2.24) is 15.5 Å². The number of aryl methyl sites for hydroxylation is 1. The largest absolute Gasteiger partial charge is 0.416 e. The number of alkyl halides is 3. The molecule has 0 saturated heterocycles. The van der Waals surface area contributed by atoms with Crippen molar-refractivity contribution in [2.45, 2.75) is 26.9 Å². The second-order valence-electron chi connectivity index (χ2n) is 5.89. The summed E-state index contributed by atoms with van der Waals surface area (Å²) in [5, 5.41) is 10.6. The van der Waals surface area contributed by atoms with E-state index in [2.05, 4.69) is 34.1 Å². The lowest BCUT2D eigenvalue weighted by Crippen LogP contribution is -2.13. The smallest absolute Gasteiger partial charge is 0.382 e. The molecule has 4 N–H and O–H groups in total. The van der Waals surface area contributed by atoms with Crippen LogP contribution in [0.15, 0.2) is 24.3 Å². The standard InChI is InChI=1S/C13H13F3N4O2S.C4H11N/c1-7-5-10(18-19-12(7)17)9-4-3-8(13(14,15)16)6-11(9)20-23(2,21)22;1-3-5-4-2/h3-6,20H,1-2H3,(H2,17,19);5H,3-4H2,1-2H3. The van der Waals surface area contributed by atoms with Crippen LogP contribution in [0.25, 0.3) is 11.3 Å². The van der Waals surface area contributed by atoms with Crippen LogP contribution < -0.4 is 15.8 Å². The van der Waals surface area contributed by atoms with Crippen LogP contribution in [0, 0.1) is 6.92 Å². The van der Waals surface area contributed by atoms with Gasteiger partial charge < -0.3 is 11.1 Å². The van der Waals surface area contributed by atoms with E-state index in [9.17, 15) is 21.6 Å². The number of nitrogen functional groups attached to an aromatic ring is 1. The van der Waals surface area contributed by atoms with E-state index in [1.54, 1.807) is 6.92 Å². The van der Waals surface area contributed by atoms with Crippen LogP contribution in [0.3, 0.4) is 0 Å². The lowest BCUT2D eigenvalue weighted by molar-refractivity contribution is -0.137. The van der Waals surface area contributed by atoms with E-state index < -0.39 is 21.8 Å². The van der Waals surface area contributed by atoms with Crippen LogP contribution in [-0.2, 0) is 16.2 Å². The highest BCUT2D eigenvalue weighted by Crippen LogP contribution is 2.35. The molecule has 0 atom stereocenters. The maximum Gasteiger partial charge on any atom is 0.416 e. The molecule has 28 heavy (non-hydrogen) atoms.